The molecule has 0 bridgehead atoms. The molecule has 0 heterocycles. The molecule has 0 saturated carbocycles. The fraction of sp³-hybridized carbons (Fsp3) is 1.00. The fourth-order valence-electron chi connectivity index (χ4n) is 2.16. The lowest BCUT2D eigenvalue weighted by Gasteiger charge is -2.29. The van der Waals surface area contributed by atoms with E-state index in [2.05, 4.69) is 30.0 Å². The maximum Gasteiger partial charge on any atom is -0.0150 e. The van der Waals surface area contributed by atoms with E-state index in [-0.39, 0.29) is 12.4 Å². The topological polar surface area (TPSA) is 0 Å². The third-order valence-electron chi connectivity index (χ3n) is 3.33. The smallest absolute Gasteiger partial charge is 0.0150 e. The summed E-state index contributed by atoms with van der Waals surface area (Å²) in [4.78, 5) is 0. The largest absolute Gasteiger partial charge is 0.147 e. The van der Waals surface area contributed by atoms with E-state index in [9.17, 15) is 0 Å². The second-order valence-electron chi connectivity index (χ2n) is 5.03. The van der Waals surface area contributed by atoms with Crippen LogP contribution in [0.1, 0.15) is 85.0 Å². The van der Waals surface area contributed by atoms with Crippen LogP contribution in [0, 0.1) is 0 Å². The predicted octanol–water partition coefficient (Wildman–Crippen LogP) is 5.98. The highest BCUT2D eigenvalue weighted by Crippen LogP contribution is 2.36. The van der Waals surface area contributed by atoms with E-state index in [0.29, 0.717) is 5.16 Å². The average Bonchev–Trinajstić information content (AvgIpc) is 2.24. The van der Waals surface area contributed by atoms with Crippen molar-refractivity contribution in [3.8, 4) is 0 Å². The van der Waals surface area contributed by atoms with Crippen LogP contribution in [0.25, 0.3) is 0 Å². The first-order valence-corrected chi connectivity index (χ1v) is 7.55. The van der Waals surface area contributed by atoms with Crippen molar-refractivity contribution in [2.45, 2.75) is 90.1 Å². The number of rotatable bonds is 10. The molecule has 0 saturated heterocycles. The summed E-state index contributed by atoms with van der Waals surface area (Å²) in [6.07, 6.45) is 13.9. The van der Waals surface area contributed by atoms with Crippen molar-refractivity contribution in [1.29, 1.82) is 0 Å². The van der Waals surface area contributed by atoms with Gasteiger partial charge in [-0.25, -0.2) is 0 Å². The Morgan fingerprint density at radius 1 is 0.688 bits per heavy atom. The molecule has 0 aromatic carbocycles. The second-order valence-corrected chi connectivity index (χ2v) is 6.25. The van der Waals surface area contributed by atoms with E-state index in [1.807, 2.05) is 0 Å². The minimum Gasteiger partial charge on any atom is -0.147 e. The van der Waals surface area contributed by atoms with Gasteiger partial charge >= 0.3 is 0 Å². The van der Waals surface area contributed by atoms with E-state index < -0.39 is 0 Å². The molecule has 16 heavy (non-hydrogen) atoms. The van der Waals surface area contributed by atoms with Gasteiger partial charge < -0.3 is 0 Å². The number of hydrogen-bond donors (Lipinski definition) is 0. The molecule has 0 aromatic heterocycles. The standard InChI is InChI=1S/C14H31P.ClH/c1-4-7-10-13-14(15,11-8-5-2)12-9-6-3;/h4-13,15H2,1-3H3;1H. The molecule has 1 unspecified atom stereocenters. The predicted molar refractivity (Wildman–Crippen MR) is 82.9 cm³/mol. The van der Waals surface area contributed by atoms with E-state index in [0.717, 1.165) is 0 Å². The first-order chi connectivity index (χ1) is 7.18. The van der Waals surface area contributed by atoms with Gasteiger partial charge in [0, 0.05) is 0 Å². The molecule has 0 N–H and O–H groups in total. The maximum atomic E-state index is 3.19. The lowest BCUT2D eigenvalue weighted by atomic mass is 9.89. The quantitative estimate of drug-likeness (QED) is 0.337. The Morgan fingerprint density at radius 2 is 1.06 bits per heavy atom. The van der Waals surface area contributed by atoms with Crippen LogP contribution in [0.5, 0.6) is 0 Å². The summed E-state index contributed by atoms with van der Waals surface area (Å²) in [6.45, 7) is 6.90. The van der Waals surface area contributed by atoms with Crippen LogP contribution < -0.4 is 0 Å². The number of unbranched alkanes of at least 4 members (excludes halogenated alkanes) is 4. The van der Waals surface area contributed by atoms with Crippen molar-refractivity contribution in [3.05, 3.63) is 0 Å². The molecule has 0 aliphatic rings. The minimum absolute atomic E-state index is 0. The normalized spacial score (nSPS) is 11.2. The zero-order valence-corrected chi connectivity index (χ0v) is 13.5. The second kappa shape index (κ2) is 12.2. The highest BCUT2D eigenvalue weighted by atomic mass is 35.5. The van der Waals surface area contributed by atoms with Gasteiger partial charge in [0.25, 0.3) is 0 Å². The fourth-order valence-corrected chi connectivity index (χ4v) is 2.77. The van der Waals surface area contributed by atoms with Gasteiger partial charge in [-0.1, -0.05) is 65.7 Å². The first-order valence-electron chi connectivity index (χ1n) is 6.97. The summed E-state index contributed by atoms with van der Waals surface area (Å²) in [5, 5.41) is 0.571. The van der Waals surface area contributed by atoms with E-state index in [1.165, 1.54) is 64.2 Å². The van der Waals surface area contributed by atoms with Crippen LogP contribution in [-0.2, 0) is 0 Å². The van der Waals surface area contributed by atoms with Gasteiger partial charge in [-0.2, -0.15) is 0 Å². The van der Waals surface area contributed by atoms with E-state index >= 15 is 0 Å². The highest BCUT2D eigenvalue weighted by molar-refractivity contribution is 7.19. The van der Waals surface area contributed by atoms with E-state index in [4.69, 9.17) is 0 Å². The Balaban J connectivity index is 0. The number of halogens is 1. The van der Waals surface area contributed by atoms with Crippen LogP contribution in [0.15, 0.2) is 0 Å². The Hall–Kier alpha value is 0.720. The molecule has 0 radical (unpaired) electrons. The van der Waals surface area contributed by atoms with Gasteiger partial charge in [0.2, 0.25) is 0 Å². The van der Waals surface area contributed by atoms with Gasteiger partial charge in [0.1, 0.15) is 0 Å². The monoisotopic (exact) mass is 266 g/mol. The summed E-state index contributed by atoms with van der Waals surface area (Å²) >= 11 is 0. The van der Waals surface area contributed by atoms with Crippen LogP contribution in [0.4, 0.5) is 0 Å². The van der Waals surface area contributed by atoms with Crippen molar-refractivity contribution in [3.63, 3.8) is 0 Å². The summed E-state index contributed by atoms with van der Waals surface area (Å²) in [6, 6.07) is 0. The summed E-state index contributed by atoms with van der Waals surface area (Å²) < 4.78 is 0. The number of hydrogen-bond acceptors (Lipinski definition) is 0. The van der Waals surface area contributed by atoms with Crippen LogP contribution in [-0.4, -0.2) is 5.16 Å². The van der Waals surface area contributed by atoms with Crippen molar-refractivity contribution in [2.75, 3.05) is 0 Å². The zero-order valence-electron chi connectivity index (χ0n) is 11.6. The summed E-state index contributed by atoms with van der Waals surface area (Å²) in [7, 11) is 3.19. The van der Waals surface area contributed by atoms with Gasteiger partial charge in [0.15, 0.2) is 0 Å². The van der Waals surface area contributed by atoms with Gasteiger partial charge in [-0.3, -0.25) is 0 Å². The summed E-state index contributed by atoms with van der Waals surface area (Å²) in [5.74, 6) is 0. The molecule has 100 valence electrons. The third-order valence-corrected chi connectivity index (χ3v) is 4.20. The Labute approximate surface area is 112 Å². The van der Waals surface area contributed by atoms with Crippen molar-refractivity contribution >= 4 is 21.6 Å². The van der Waals surface area contributed by atoms with Crippen molar-refractivity contribution in [2.24, 2.45) is 0 Å². The molecule has 0 fully saturated rings. The average molecular weight is 267 g/mol. The van der Waals surface area contributed by atoms with Crippen LogP contribution in [0.3, 0.4) is 0 Å². The van der Waals surface area contributed by atoms with Crippen LogP contribution >= 0.6 is 21.6 Å². The third kappa shape index (κ3) is 9.91. The molecule has 0 aliphatic heterocycles. The summed E-state index contributed by atoms with van der Waals surface area (Å²) in [5.41, 5.74) is 0. The molecule has 0 aliphatic carbocycles. The maximum absolute atomic E-state index is 3.19. The van der Waals surface area contributed by atoms with Gasteiger partial charge in [-0.15, -0.1) is 21.6 Å². The van der Waals surface area contributed by atoms with E-state index in [1.54, 1.807) is 0 Å². The Morgan fingerprint density at radius 3 is 1.44 bits per heavy atom. The molecule has 0 aromatic rings. The highest BCUT2D eigenvalue weighted by Gasteiger charge is 2.22. The first kappa shape index (κ1) is 19.1. The van der Waals surface area contributed by atoms with Crippen molar-refractivity contribution < 1.29 is 0 Å². The zero-order chi connectivity index (χ0) is 11.6. The SMILES string of the molecule is CCCCCC(P)(CCCC)CCCC.Cl. The molecule has 2 heteroatoms. The lowest BCUT2D eigenvalue weighted by molar-refractivity contribution is 0.420. The molecular weight excluding hydrogens is 235 g/mol. The lowest BCUT2D eigenvalue weighted by Crippen LogP contribution is -2.20. The molecule has 0 rings (SSSR count). The molecule has 0 spiro atoms. The van der Waals surface area contributed by atoms with Crippen molar-refractivity contribution in [1.82, 2.24) is 0 Å². The van der Waals surface area contributed by atoms with Gasteiger partial charge in [-0.05, 0) is 24.4 Å². The van der Waals surface area contributed by atoms with Crippen LogP contribution in [0.2, 0.25) is 0 Å². The molecule has 0 amide bonds. The minimum atomic E-state index is 0. The molecule has 0 nitrogen and oxygen atoms in total. The molecule has 1 atom stereocenters. The Kier molecular flexibility index (Phi) is 14.5. The van der Waals surface area contributed by atoms with Gasteiger partial charge in [0.05, 0.1) is 0 Å². The Bertz CT molecular complexity index is 129. The molecular formula is C14H32ClP.